The van der Waals surface area contributed by atoms with E-state index in [1.807, 2.05) is 44.2 Å². The molecule has 0 bridgehead atoms. The van der Waals surface area contributed by atoms with Gasteiger partial charge < -0.3 is 0 Å². The highest BCUT2D eigenvalue weighted by Crippen LogP contribution is 2.14. The van der Waals surface area contributed by atoms with Crippen LogP contribution in [0.2, 0.25) is 0 Å². The van der Waals surface area contributed by atoms with Gasteiger partial charge in [0.2, 0.25) is 0 Å². The quantitative estimate of drug-likeness (QED) is 0.575. The molecule has 0 aliphatic rings. The SMILES string of the molecule is Cc1cccc(C)c1C=CC#N. The van der Waals surface area contributed by atoms with Crippen molar-refractivity contribution in [2.45, 2.75) is 13.8 Å². The van der Waals surface area contributed by atoms with Crippen molar-refractivity contribution in [1.82, 2.24) is 0 Å². The predicted molar refractivity (Wildman–Crippen MR) is 50.6 cm³/mol. The molecule has 0 saturated carbocycles. The molecule has 0 radical (unpaired) electrons. The molecule has 0 unspecified atom stereocenters. The lowest BCUT2D eigenvalue weighted by Crippen LogP contribution is -1.84. The van der Waals surface area contributed by atoms with Crippen molar-refractivity contribution < 1.29 is 0 Å². The van der Waals surface area contributed by atoms with Crippen LogP contribution in [0.15, 0.2) is 24.3 Å². The van der Waals surface area contributed by atoms with Crippen LogP contribution in [0.5, 0.6) is 0 Å². The zero-order chi connectivity index (χ0) is 8.97. The van der Waals surface area contributed by atoms with Gasteiger partial charge in [-0.3, -0.25) is 0 Å². The Kier molecular flexibility index (Phi) is 2.66. The number of nitrogens with zero attached hydrogens (tertiary/aromatic N) is 1. The fourth-order valence-corrected chi connectivity index (χ4v) is 1.21. The van der Waals surface area contributed by atoms with E-state index in [2.05, 4.69) is 0 Å². The van der Waals surface area contributed by atoms with E-state index in [1.165, 1.54) is 17.2 Å². The van der Waals surface area contributed by atoms with Crippen molar-refractivity contribution in [3.8, 4) is 6.07 Å². The monoisotopic (exact) mass is 157 g/mol. The van der Waals surface area contributed by atoms with Crippen molar-refractivity contribution in [2.24, 2.45) is 0 Å². The van der Waals surface area contributed by atoms with E-state index in [0.717, 1.165) is 5.56 Å². The normalized spacial score (nSPS) is 10.1. The number of allylic oxidation sites excluding steroid dienone is 1. The highest BCUT2D eigenvalue weighted by Gasteiger charge is 1.95. The third-order valence-corrected chi connectivity index (χ3v) is 1.87. The van der Waals surface area contributed by atoms with Gasteiger partial charge in [0, 0.05) is 6.08 Å². The topological polar surface area (TPSA) is 23.8 Å². The second-order valence-corrected chi connectivity index (χ2v) is 2.77. The van der Waals surface area contributed by atoms with E-state index in [-0.39, 0.29) is 0 Å². The molecule has 12 heavy (non-hydrogen) atoms. The van der Waals surface area contributed by atoms with Crippen molar-refractivity contribution in [3.63, 3.8) is 0 Å². The molecule has 0 saturated heterocycles. The van der Waals surface area contributed by atoms with Crippen LogP contribution in [0, 0.1) is 25.2 Å². The Morgan fingerprint density at radius 2 is 1.83 bits per heavy atom. The van der Waals surface area contributed by atoms with Gasteiger partial charge in [-0.15, -0.1) is 0 Å². The first-order valence-electron chi connectivity index (χ1n) is 3.88. The van der Waals surface area contributed by atoms with Gasteiger partial charge in [0.05, 0.1) is 6.07 Å². The molecule has 1 aromatic rings. The van der Waals surface area contributed by atoms with Crippen LogP contribution in [0.25, 0.3) is 6.08 Å². The molecular formula is C11H11N. The number of hydrogen-bond acceptors (Lipinski definition) is 1. The smallest absolute Gasteiger partial charge is 0.0912 e. The lowest BCUT2D eigenvalue weighted by molar-refractivity contribution is 1.36. The molecule has 0 aliphatic heterocycles. The van der Waals surface area contributed by atoms with Crippen LogP contribution in [0.4, 0.5) is 0 Å². The summed E-state index contributed by atoms with van der Waals surface area (Å²) in [6.45, 7) is 4.09. The fourth-order valence-electron chi connectivity index (χ4n) is 1.21. The molecule has 0 atom stereocenters. The Balaban J connectivity index is 3.15. The molecule has 1 rings (SSSR count). The van der Waals surface area contributed by atoms with Crippen LogP contribution >= 0.6 is 0 Å². The summed E-state index contributed by atoms with van der Waals surface area (Å²) < 4.78 is 0. The maximum Gasteiger partial charge on any atom is 0.0912 e. The molecule has 0 heterocycles. The number of rotatable bonds is 1. The fraction of sp³-hybridized carbons (Fsp3) is 0.182. The van der Waals surface area contributed by atoms with Crippen LogP contribution in [0.3, 0.4) is 0 Å². The third kappa shape index (κ3) is 1.73. The minimum absolute atomic E-state index is 1.15. The predicted octanol–water partition coefficient (Wildman–Crippen LogP) is 2.84. The van der Waals surface area contributed by atoms with Gasteiger partial charge in [-0.2, -0.15) is 5.26 Å². The summed E-state index contributed by atoms with van der Waals surface area (Å²) in [4.78, 5) is 0. The summed E-state index contributed by atoms with van der Waals surface area (Å²) in [6.07, 6.45) is 3.36. The van der Waals surface area contributed by atoms with Crippen LogP contribution < -0.4 is 0 Å². The molecule has 0 amide bonds. The largest absolute Gasteiger partial charge is 0.193 e. The first-order chi connectivity index (χ1) is 5.75. The molecule has 60 valence electrons. The Labute approximate surface area is 73.0 Å². The van der Waals surface area contributed by atoms with Crippen LogP contribution in [-0.4, -0.2) is 0 Å². The molecule has 0 spiro atoms. The van der Waals surface area contributed by atoms with E-state index < -0.39 is 0 Å². The van der Waals surface area contributed by atoms with Crippen LogP contribution in [0.1, 0.15) is 16.7 Å². The van der Waals surface area contributed by atoms with Gasteiger partial charge >= 0.3 is 0 Å². The lowest BCUT2D eigenvalue weighted by atomic mass is 10.0. The van der Waals surface area contributed by atoms with Crippen molar-refractivity contribution >= 4 is 6.08 Å². The van der Waals surface area contributed by atoms with E-state index in [0.29, 0.717) is 0 Å². The minimum Gasteiger partial charge on any atom is -0.193 e. The zero-order valence-electron chi connectivity index (χ0n) is 7.33. The molecule has 0 aromatic heterocycles. The van der Waals surface area contributed by atoms with Gasteiger partial charge in [-0.1, -0.05) is 18.2 Å². The molecule has 0 fully saturated rings. The number of benzene rings is 1. The van der Waals surface area contributed by atoms with E-state index in [9.17, 15) is 0 Å². The van der Waals surface area contributed by atoms with Gasteiger partial charge in [0.1, 0.15) is 0 Å². The first kappa shape index (κ1) is 8.55. The highest BCUT2D eigenvalue weighted by atomic mass is 14.2. The first-order valence-corrected chi connectivity index (χ1v) is 3.88. The number of aryl methyl sites for hydroxylation is 2. The second-order valence-electron chi connectivity index (χ2n) is 2.77. The molecule has 0 N–H and O–H groups in total. The van der Waals surface area contributed by atoms with Crippen molar-refractivity contribution in [3.05, 3.63) is 41.0 Å². The summed E-state index contributed by atoms with van der Waals surface area (Å²) >= 11 is 0. The average molecular weight is 157 g/mol. The zero-order valence-corrected chi connectivity index (χ0v) is 7.33. The Morgan fingerprint density at radius 3 is 2.33 bits per heavy atom. The Bertz CT molecular complexity index is 322. The van der Waals surface area contributed by atoms with Crippen LogP contribution in [-0.2, 0) is 0 Å². The average Bonchev–Trinajstić information content (AvgIpc) is 2.04. The summed E-state index contributed by atoms with van der Waals surface area (Å²) in [5.74, 6) is 0. The Morgan fingerprint density at radius 1 is 1.25 bits per heavy atom. The maximum atomic E-state index is 8.37. The molecule has 0 aliphatic carbocycles. The standard InChI is InChI=1S/C11H11N/c1-9-5-3-6-10(2)11(9)7-4-8-12/h3-7H,1-2H3. The molecule has 1 aromatic carbocycles. The van der Waals surface area contributed by atoms with Crippen molar-refractivity contribution in [1.29, 1.82) is 5.26 Å². The number of hydrogen-bond donors (Lipinski definition) is 0. The van der Waals surface area contributed by atoms with E-state index in [1.54, 1.807) is 0 Å². The highest BCUT2D eigenvalue weighted by molar-refractivity contribution is 5.58. The van der Waals surface area contributed by atoms with Gasteiger partial charge in [0.25, 0.3) is 0 Å². The second kappa shape index (κ2) is 3.73. The summed E-state index contributed by atoms with van der Waals surface area (Å²) in [5, 5.41) is 8.37. The molecule has 1 nitrogen and oxygen atoms in total. The summed E-state index contributed by atoms with van der Waals surface area (Å²) in [5.41, 5.74) is 3.57. The lowest BCUT2D eigenvalue weighted by Gasteiger charge is -2.02. The van der Waals surface area contributed by atoms with E-state index >= 15 is 0 Å². The van der Waals surface area contributed by atoms with Gasteiger partial charge in [-0.05, 0) is 36.6 Å². The maximum absolute atomic E-state index is 8.37. The van der Waals surface area contributed by atoms with Gasteiger partial charge in [-0.25, -0.2) is 0 Å². The summed E-state index contributed by atoms with van der Waals surface area (Å²) in [7, 11) is 0. The molecule has 1 heteroatoms. The Hall–Kier alpha value is -1.55. The minimum atomic E-state index is 1.15. The third-order valence-electron chi connectivity index (χ3n) is 1.87. The summed E-state index contributed by atoms with van der Waals surface area (Å²) in [6, 6.07) is 8.10. The molecular weight excluding hydrogens is 146 g/mol. The van der Waals surface area contributed by atoms with Crippen molar-refractivity contribution in [2.75, 3.05) is 0 Å². The number of nitriles is 1. The van der Waals surface area contributed by atoms with E-state index in [4.69, 9.17) is 5.26 Å². The van der Waals surface area contributed by atoms with Gasteiger partial charge in [0.15, 0.2) is 0 Å².